The molecule has 2 rings (SSSR count). The van der Waals surface area contributed by atoms with Gasteiger partial charge in [0.15, 0.2) is 0 Å². The smallest absolute Gasteiger partial charge is 0.131 e. The van der Waals surface area contributed by atoms with E-state index in [9.17, 15) is 0 Å². The molecule has 0 amide bonds. The minimum atomic E-state index is 0.391. The van der Waals surface area contributed by atoms with Crippen LogP contribution in [0.5, 0.6) is 0 Å². The van der Waals surface area contributed by atoms with Gasteiger partial charge in [0.1, 0.15) is 5.82 Å². The Balaban J connectivity index is 2.69. The molecule has 0 radical (unpaired) electrons. The number of nitrogen functional groups attached to an aromatic ring is 1. The van der Waals surface area contributed by atoms with Gasteiger partial charge >= 0.3 is 0 Å². The molecule has 2 aromatic rings. The molecule has 16 heavy (non-hydrogen) atoms. The number of nitrogens with two attached hydrogens (primary N) is 1. The van der Waals surface area contributed by atoms with Crippen LogP contribution in [0.3, 0.4) is 0 Å². The van der Waals surface area contributed by atoms with Crippen molar-refractivity contribution in [2.45, 2.75) is 0 Å². The summed E-state index contributed by atoms with van der Waals surface area (Å²) in [5, 5.41) is 1.32. The van der Waals surface area contributed by atoms with Crippen molar-refractivity contribution in [3.05, 3.63) is 45.5 Å². The molecule has 0 saturated carbocycles. The number of pyridine rings is 1. The molecule has 0 aliphatic rings. The summed E-state index contributed by atoms with van der Waals surface area (Å²) in [5.74, 6) is 0.391. The van der Waals surface area contributed by atoms with Crippen LogP contribution in [-0.2, 0) is 0 Å². The Hall–Kier alpha value is -0.960. The summed E-state index contributed by atoms with van der Waals surface area (Å²) in [4.78, 5) is 3.99. The molecule has 0 unspecified atom stereocenters. The average Bonchev–Trinajstić information content (AvgIpc) is 2.24. The highest BCUT2D eigenvalue weighted by molar-refractivity contribution is 6.45. The van der Waals surface area contributed by atoms with Gasteiger partial charge in [-0.2, -0.15) is 0 Å². The summed E-state index contributed by atoms with van der Waals surface area (Å²) in [7, 11) is 0. The predicted molar refractivity (Wildman–Crippen MR) is 69.1 cm³/mol. The van der Waals surface area contributed by atoms with Gasteiger partial charge < -0.3 is 5.73 Å². The third kappa shape index (κ3) is 2.09. The van der Waals surface area contributed by atoms with Gasteiger partial charge in [0.25, 0.3) is 0 Å². The van der Waals surface area contributed by atoms with Gasteiger partial charge in [0.05, 0.1) is 10.0 Å². The molecule has 2 N–H and O–H groups in total. The van der Waals surface area contributed by atoms with E-state index in [4.69, 9.17) is 40.5 Å². The fourth-order valence-electron chi connectivity index (χ4n) is 1.40. The summed E-state index contributed by atoms with van der Waals surface area (Å²) in [6.07, 6.45) is 1.61. The Morgan fingerprint density at radius 1 is 1.06 bits per heavy atom. The van der Waals surface area contributed by atoms with E-state index in [1.165, 1.54) is 0 Å². The number of nitrogens with zero attached hydrogens (tertiary/aromatic N) is 1. The lowest BCUT2D eigenvalue weighted by molar-refractivity contribution is 1.34. The molecule has 0 spiro atoms. The first-order chi connectivity index (χ1) is 7.59. The zero-order valence-corrected chi connectivity index (χ0v) is 10.3. The van der Waals surface area contributed by atoms with Crippen molar-refractivity contribution in [3.8, 4) is 11.1 Å². The van der Waals surface area contributed by atoms with Crippen molar-refractivity contribution in [3.63, 3.8) is 0 Å². The van der Waals surface area contributed by atoms with Crippen LogP contribution in [-0.4, -0.2) is 4.98 Å². The summed E-state index contributed by atoms with van der Waals surface area (Å²) in [5.41, 5.74) is 7.17. The van der Waals surface area contributed by atoms with Crippen molar-refractivity contribution in [1.82, 2.24) is 4.98 Å². The van der Waals surface area contributed by atoms with Crippen LogP contribution in [0.25, 0.3) is 11.1 Å². The van der Waals surface area contributed by atoms with E-state index < -0.39 is 0 Å². The number of aromatic nitrogens is 1. The Kier molecular flexibility index (Phi) is 3.24. The van der Waals surface area contributed by atoms with Gasteiger partial charge in [0.2, 0.25) is 0 Å². The monoisotopic (exact) mass is 272 g/mol. The molecule has 0 saturated heterocycles. The summed E-state index contributed by atoms with van der Waals surface area (Å²) >= 11 is 18.0. The third-order valence-electron chi connectivity index (χ3n) is 2.12. The minimum Gasteiger partial charge on any atom is -0.383 e. The van der Waals surface area contributed by atoms with Crippen molar-refractivity contribution in [1.29, 1.82) is 0 Å². The number of benzene rings is 1. The molecule has 1 heterocycles. The second-order valence-electron chi connectivity index (χ2n) is 3.19. The number of anilines is 1. The normalized spacial score (nSPS) is 10.4. The Labute approximate surface area is 108 Å². The fraction of sp³-hybridized carbons (Fsp3) is 0. The Morgan fingerprint density at radius 2 is 1.81 bits per heavy atom. The topological polar surface area (TPSA) is 38.9 Å². The van der Waals surface area contributed by atoms with Crippen molar-refractivity contribution < 1.29 is 0 Å². The van der Waals surface area contributed by atoms with E-state index >= 15 is 0 Å². The largest absolute Gasteiger partial charge is 0.383 e. The lowest BCUT2D eigenvalue weighted by Crippen LogP contribution is -1.93. The van der Waals surface area contributed by atoms with Crippen molar-refractivity contribution in [2.75, 3.05) is 5.73 Å². The van der Waals surface area contributed by atoms with Crippen LogP contribution in [0, 0.1) is 0 Å². The third-order valence-corrected chi connectivity index (χ3v) is 3.14. The molecular weight excluding hydrogens is 266 g/mol. The lowest BCUT2D eigenvalue weighted by Gasteiger charge is -2.08. The maximum Gasteiger partial charge on any atom is 0.131 e. The first kappa shape index (κ1) is 11.5. The second kappa shape index (κ2) is 4.50. The van der Waals surface area contributed by atoms with Crippen LogP contribution in [0.4, 0.5) is 5.82 Å². The molecule has 0 aliphatic carbocycles. The molecule has 0 fully saturated rings. The van der Waals surface area contributed by atoms with Gasteiger partial charge in [-0.05, 0) is 24.3 Å². The minimum absolute atomic E-state index is 0.391. The molecule has 82 valence electrons. The zero-order chi connectivity index (χ0) is 11.7. The first-order valence-electron chi connectivity index (χ1n) is 4.45. The molecule has 1 aromatic heterocycles. The van der Waals surface area contributed by atoms with Gasteiger partial charge in [-0.25, -0.2) is 4.98 Å². The van der Waals surface area contributed by atoms with E-state index in [-0.39, 0.29) is 0 Å². The van der Waals surface area contributed by atoms with Gasteiger partial charge in [-0.3, -0.25) is 0 Å². The van der Waals surface area contributed by atoms with Crippen molar-refractivity contribution >= 4 is 40.6 Å². The van der Waals surface area contributed by atoms with Gasteiger partial charge in [-0.15, -0.1) is 0 Å². The molecule has 2 nitrogen and oxygen atoms in total. The molecule has 0 atom stereocenters. The van der Waals surface area contributed by atoms with Gasteiger partial charge in [0, 0.05) is 22.3 Å². The summed E-state index contributed by atoms with van der Waals surface area (Å²) in [6.45, 7) is 0. The zero-order valence-electron chi connectivity index (χ0n) is 8.05. The van der Waals surface area contributed by atoms with Crippen LogP contribution in [0.15, 0.2) is 30.5 Å². The van der Waals surface area contributed by atoms with E-state index in [1.807, 2.05) is 6.07 Å². The maximum absolute atomic E-state index is 6.10. The van der Waals surface area contributed by atoms with Crippen LogP contribution in [0.2, 0.25) is 15.1 Å². The lowest BCUT2D eigenvalue weighted by atomic mass is 10.1. The number of hydrogen-bond acceptors (Lipinski definition) is 2. The number of rotatable bonds is 1. The number of hydrogen-bond donors (Lipinski definition) is 1. The van der Waals surface area contributed by atoms with E-state index in [2.05, 4.69) is 4.98 Å². The van der Waals surface area contributed by atoms with Gasteiger partial charge in [-0.1, -0.05) is 34.8 Å². The van der Waals surface area contributed by atoms with Crippen molar-refractivity contribution in [2.24, 2.45) is 0 Å². The molecular formula is C11H7Cl3N2. The van der Waals surface area contributed by atoms with Crippen LogP contribution in [0.1, 0.15) is 0 Å². The number of halogens is 3. The van der Waals surface area contributed by atoms with Crippen LogP contribution < -0.4 is 5.73 Å². The first-order valence-corrected chi connectivity index (χ1v) is 5.58. The molecule has 1 aromatic carbocycles. The summed E-state index contributed by atoms with van der Waals surface area (Å²) in [6, 6.07) is 6.89. The SMILES string of the molecule is Nc1ncccc1-c1cc(Cl)cc(Cl)c1Cl. The molecule has 0 bridgehead atoms. The fourth-order valence-corrected chi connectivity index (χ4v) is 2.10. The average molecular weight is 274 g/mol. The van der Waals surface area contributed by atoms with Crippen LogP contribution >= 0.6 is 34.8 Å². The van der Waals surface area contributed by atoms with E-state index in [1.54, 1.807) is 24.4 Å². The highest BCUT2D eigenvalue weighted by Gasteiger charge is 2.11. The predicted octanol–water partition coefficient (Wildman–Crippen LogP) is 4.29. The molecule has 0 aliphatic heterocycles. The second-order valence-corrected chi connectivity index (χ2v) is 4.41. The summed E-state index contributed by atoms with van der Waals surface area (Å²) < 4.78 is 0. The quantitative estimate of drug-likeness (QED) is 0.787. The highest BCUT2D eigenvalue weighted by atomic mass is 35.5. The highest BCUT2D eigenvalue weighted by Crippen LogP contribution is 2.37. The maximum atomic E-state index is 6.10. The molecule has 5 heteroatoms. The van der Waals surface area contributed by atoms with E-state index in [0.717, 1.165) is 5.56 Å². The van der Waals surface area contributed by atoms with E-state index in [0.29, 0.717) is 26.4 Å². The Bertz CT molecular complexity index is 541. The standard InChI is InChI=1S/C11H7Cl3N2/c12-6-4-8(10(14)9(13)5-6)7-2-1-3-16-11(7)15/h1-5H,(H2,15,16). The Morgan fingerprint density at radius 3 is 2.50 bits per heavy atom.